The van der Waals surface area contributed by atoms with Crippen molar-refractivity contribution in [3.63, 3.8) is 0 Å². The third-order valence-electron chi connectivity index (χ3n) is 6.37. The molecule has 4 aromatic rings. The number of benzene rings is 3. The number of hydrogen-bond acceptors (Lipinski definition) is 4. The van der Waals surface area contributed by atoms with Gasteiger partial charge in [0, 0.05) is 5.56 Å². The summed E-state index contributed by atoms with van der Waals surface area (Å²) in [6, 6.07) is 17.7. The predicted molar refractivity (Wildman–Crippen MR) is 134 cm³/mol. The van der Waals surface area contributed by atoms with Gasteiger partial charge in [0.1, 0.15) is 0 Å². The van der Waals surface area contributed by atoms with Crippen LogP contribution in [-0.4, -0.2) is 27.5 Å². The Labute approximate surface area is 215 Å². The molecule has 10 heteroatoms. The summed E-state index contributed by atoms with van der Waals surface area (Å²) in [6.45, 7) is 3.47. The number of carbonyl (C=O) groups is 3. The van der Waals surface area contributed by atoms with Gasteiger partial charge in [-0.1, -0.05) is 30.3 Å². The van der Waals surface area contributed by atoms with Crippen LogP contribution in [0.3, 0.4) is 0 Å². The first-order valence-corrected chi connectivity index (χ1v) is 11.6. The molecule has 192 valence electrons. The Morgan fingerprint density at radius 2 is 1.55 bits per heavy atom. The Kier molecular flexibility index (Phi) is 6.10. The minimum absolute atomic E-state index is 0.0850. The molecular formula is C28H21F3N4O3. The van der Waals surface area contributed by atoms with Gasteiger partial charge in [-0.05, 0) is 61.9 Å². The molecule has 3 amide bonds. The Balaban J connectivity index is 1.37. The van der Waals surface area contributed by atoms with E-state index in [1.807, 2.05) is 0 Å². The normalized spacial score (nSPS) is 13.1. The van der Waals surface area contributed by atoms with Gasteiger partial charge in [-0.2, -0.15) is 18.3 Å². The van der Waals surface area contributed by atoms with Crippen LogP contribution in [0.15, 0.2) is 72.8 Å². The van der Waals surface area contributed by atoms with Gasteiger partial charge in [0.2, 0.25) is 0 Å². The van der Waals surface area contributed by atoms with E-state index in [4.69, 9.17) is 0 Å². The highest BCUT2D eigenvalue weighted by Crippen LogP contribution is 2.31. The third-order valence-corrected chi connectivity index (χ3v) is 6.37. The van der Waals surface area contributed by atoms with Gasteiger partial charge in [0.05, 0.1) is 46.0 Å². The van der Waals surface area contributed by atoms with Crippen LogP contribution in [0.2, 0.25) is 0 Å². The molecule has 1 aliphatic rings. The summed E-state index contributed by atoms with van der Waals surface area (Å²) < 4.78 is 40.8. The zero-order valence-electron chi connectivity index (χ0n) is 20.3. The lowest BCUT2D eigenvalue weighted by Crippen LogP contribution is -2.29. The molecule has 38 heavy (non-hydrogen) atoms. The van der Waals surface area contributed by atoms with Crippen molar-refractivity contribution < 1.29 is 27.6 Å². The Morgan fingerprint density at radius 3 is 2.21 bits per heavy atom. The summed E-state index contributed by atoms with van der Waals surface area (Å²) in [5.74, 6) is -1.43. The molecule has 5 rings (SSSR count). The molecule has 7 nitrogen and oxygen atoms in total. The second-order valence-electron chi connectivity index (χ2n) is 8.90. The van der Waals surface area contributed by atoms with Crippen molar-refractivity contribution >= 4 is 29.1 Å². The van der Waals surface area contributed by atoms with Crippen molar-refractivity contribution in [2.24, 2.45) is 0 Å². The first-order chi connectivity index (χ1) is 18.0. The van der Waals surface area contributed by atoms with Crippen LogP contribution < -0.4 is 10.2 Å². The monoisotopic (exact) mass is 518 g/mol. The van der Waals surface area contributed by atoms with Crippen LogP contribution >= 0.6 is 0 Å². The molecule has 0 aliphatic carbocycles. The SMILES string of the molecule is Cc1nn(Cc2cccc(C(F)(F)F)c2)c(C)c1NC(=O)c1cccc(N2C(=O)c3ccccc3C2=O)c1. The molecule has 1 aliphatic heterocycles. The van der Waals surface area contributed by atoms with E-state index in [-0.39, 0.29) is 17.8 Å². The first kappa shape index (κ1) is 24.9. The zero-order valence-corrected chi connectivity index (χ0v) is 20.3. The van der Waals surface area contributed by atoms with Crippen LogP contribution in [0.4, 0.5) is 24.5 Å². The van der Waals surface area contributed by atoms with Crippen molar-refractivity contribution in [1.82, 2.24) is 9.78 Å². The number of aryl methyl sites for hydroxylation is 1. The standard InChI is InChI=1S/C28H21F3N4O3/c1-16-24(17(2)34(33-16)15-18-7-5-9-20(13-18)28(29,30)31)32-25(36)19-8-6-10-21(14-19)35-26(37)22-11-3-4-12-23(22)27(35)38/h3-14H,15H2,1-2H3,(H,32,36). The fourth-order valence-electron chi connectivity index (χ4n) is 4.45. The van der Waals surface area contributed by atoms with Crippen LogP contribution in [0, 0.1) is 13.8 Å². The molecule has 0 radical (unpaired) electrons. The molecule has 1 N–H and O–H groups in total. The molecular weight excluding hydrogens is 497 g/mol. The number of nitrogens with zero attached hydrogens (tertiary/aromatic N) is 3. The minimum atomic E-state index is -4.45. The number of aromatic nitrogens is 2. The second kappa shape index (κ2) is 9.29. The van der Waals surface area contributed by atoms with Crippen LogP contribution in [0.25, 0.3) is 0 Å². The lowest BCUT2D eigenvalue weighted by Gasteiger charge is -2.15. The quantitative estimate of drug-likeness (QED) is 0.348. The first-order valence-electron chi connectivity index (χ1n) is 11.6. The molecule has 2 heterocycles. The minimum Gasteiger partial charge on any atom is -0.319 e. The van der Waals surface area contributed by atoms with Gasteiger partial charge in [0.15, 0.2) is 0 Å². The summed E-state index contributed by atoms with van der Waals surface area (Å²) in [4.78, 5) is 39.8. The number of halogens is 3. The molecule has 0 fully saturated rings. The highest BCUT2D eigenvalue weighted by atomic mass is 19.4. The number of fused-ring (bicyclic) bond motifs is 1. The van der Waals surface area contributed by atoms with Crippen LogP contribution in [0.5, 0.6) is 0 Å². The van der Waals surface area contributed by atoms with E-state index in [2.05, 4.69) is 10.4 Å². The highest BCUT2D eigenvalue weighted by molar-refractivity contribution is 6.34. The van der Waals surface area contributed by atoms with Gasteiger partial charge < -0.3 is 5.32 Å². The van der Waals surface area contributed by atoms with E-state index >= 15 is 0 Å². The highest BCUT2D eigenvalue weighted by Gasteiger charge is 2.36. The van der Waals surface area contributed by atoms with Gasteiger partial charge in [-0.25, -0.2) is 4.90 Å². The molecule has 3 aromatic carbocycles. The predicted octanol–water partition coefficient (Wildman–Crippen LogP) is 5.62. The average molecular weight is 518 g/mol. The van der Waals surface area contributed by atoms with E-state index in [9.17, 15) is 27.6 Å². The Hall–Kier alpha value is -4.73. The number of anilines is 2. The smallest absolute Gasteiger partial charge is 0.319 e. The Morgan fingerprint density at radius 1 is 0.895 bits per heavy atom. The fourth-order valence-corrected chi connectivity index (χ4v) is 4.45. The van der Waals surface area contributed by atoms with E-state index in [1.165, 1.54) is 16.8 Å². The number of rotatable bonds is 5. The molecule has 0 saturated carbocycles. The number of alkyl halides is 3. The molecule has 1 aromatic heterocycles. The zero-order chi connectivity index (χ0) is 27.2. The lowest BCUT2D eigenvalue weighted by molar-refractivity contribution is -0.137. The van der Waals surface area contributed by atoms with E-state index < -0.39 is 29.5 Å². The van der Waals surface area contributed by atoms with Crippen molar-refractivity contribution in [2.75, 3.05) is 10.2 Å². The number of imide groups is 1. The summed E-state index contributed by atoms with van der Waals surface area (Å²) in [5.41, 5.74) is 2.21. The van der Waals surface area contributed by atoms with Gasteiger partial charge in [0.25, 0.3) is 17.7 Å². The van der Waals surface area contributed by atoms with Crippen molar-refractivity contribution in [3.05, 3.63) is 112 Å². The maximum Gasteiger partial charge on any atom is 0.416 e. The van der Waals surface area contributed by atoms with Crippen molar-refractivity contribution in [2.45, 2.75) is 26.6 Å². The van der Waals surface area contributed by atoms with Gasteiger partial charge >= 0.3 is 6.18 Å². The molecule has 0 bridgehead atoms. The van der Waals surface area contributed by atoms with Gasteiger partial charge in [-0.3, -0.25) is 19.1 Å². The van der Waals surface area contributed by atoms with E-state index in [1.54, 1.807) is 62.4 Å². The molecule has 0 atom stereocenters. The molecule has 0 unspecified atom stereocenters. The van der Waals surface area contributed by atoms with Crippen LogP contribution in [0.1, 0.15) is 53.6 Å². The third kappa shape index (κ3) is 4.45. The largest absolute Gasteiger partial charge is 0.416 e. The lowest BCUT2D eigenvalue weighted by atomic mass is 10.1. The number of nitrogens with one attached hydrogen (secondary N) is 1. The summed E-state index contributed by atoms with van der Waals surface area (Å²) in [5, 5.41) is 7.19. The number of amides is 3. The number of hydrogen-bond donors (Lipinski definition) is 1. The Bertz CT molecular complexity index is 1570. The molecule has 0 spiro atoms. The van der Waals surface area contributed by atoms with E-state index in [0.717, 1.165) is 17.0 Å². The maximum absolute atomic E-state index is 13.1. The van der Waals surface area contributed by atoms with E-state index in [0.29, 0.717) is 33.8 Å². The second-order valence-corrected chi connectivity index (χ2v) is 8.90. The van der Waals surface area contributed by atoms with Crippen molar-refractivity contribution in [1.29, 1.82) is 0 Å². The molecule has 0 saturated heterocycles. The fraction of sp³-hybridized carbons (Fsp3) is 0.143. The summed E-state index contributed by atoms with van der Waals surface area (Å²) in [7, 11) is 0. The summed E-state index contributed by atoms with van der Waals surface area (Å²) in [6.07, 6.45) is -4.45. The maximum atomic E-state index is 13.1. The van der Waals surface area contributed by atoms with Crippen molar-refractivity contribution in [3.8, 4) is 0 Å². The van der Waals surface area contributed by atoms with Gasteiger partial charge in [-0.15, -0.1) is 0 Å². The number of carbonyl (C=O) groups excluding carboxylic acids is 3. The average Bonchev–Trinajstić information content (AvgIpc) is 3.30. The topological polar surface area (TPSA) is 84.3 Å². The van der Waals surface area contributed by atoms with Crippen LogP contribution in [-0.2, 0) is 12.7 Å². The summed E-state index contributed by atoms with van der Waals surface area (Å²) >= 11 is 0.